The normalized spacial score (nSPS) is 23.1. The molecule has 9 heteroatoms. The number of carbonyl (C=O) groups is 2. The van der Waals surface area contributed by atoms with E-state index in [1.54, 1.807) is 13.0 Å². The van der Waals surface area contributed by atoms with Crippen LogP contribution >= 0.6 is 0 Å². The highest BCUT2D eigenvalue weighted by atomic mass is 19.1. The third-order valence-electron chi connectivity index (χ3n) is 8.02. The van der Waals surface area contributed by atoms with Crippen molar-refractivity contribution in [3.8, 4) is 0 Å². The molecule has 0 bridgehead atoms. The van der Waals surface area contributed by atoms with Crippen molar-refractivity contribution >= 4 is 17.8 Å². The molecule has 4 N–H and O–H groups in total. The summed E-state index contributed by atoms with van der Waals surface area (Å²) in [7, 11) is 1.54. The summed E-state index contributed by atoms with van der Waals surface area (Å²) in [6.07, 6.45) is 2.29. The van der Waals surface area contributed by atoms with Crippen LogP contribution in [-0.4, -0.2) is 52.6 Å². The van der Waals surface area contributed by atoms with Crippen LogP contribution in [0, 0.1) is 11.2 Å². The van der Waals surface area contributed by atoms with Crippen LogP contribution in [0.4, 0.5) is 4.39 Å². The van der Waals surface area contributed by atoms with E-state index in [2.05, 4.69) is 10.6 Å². The number of methoxy groups -OCH3 is 1. The summed E-state index contributed by atoms with van der Waals surface area (Å²) in [4.78, 5) is 28.0. The zero-order valence-corrected chi connectivity index (χ0v) is 22.4. The quantitative estimate of drug-likeness (QED) is 0.396. The molecule has 0 aromatic heterocycles. The molecule has 1 heterocycles. The number of hydrogen-bond acceptors (Lipinski definition) is 5. The first-order chi connectivity index (χ1) is 18.0. The average Bonchev–Trinajstić information content (AvgIpc) is 3.14. The van der Waals surface area contributed by atoms with Gasteiger partial charge in [-0.15, -0.1) is 0 Å². The van der Waals surface area contributed by atoms with Gasteiger partial charge in [0.05, 0.1) is 24.1 Å². The van der Waals surface area contributed by atoms with Gasteiger partial charge in [0, 0.05) is 31.2 Å². The molecule has 2 amide bonds. The smallest absolute Gasteiger partial charge is 0.251 e. The van der Waals surface area contributed by atoms with Gasteiger partial charge in [-0.1, -0.05) is 38.1 Å². The third kappa shape index (κ3) is 5.31. The summed E-state index contributed by atoms with van der Waals surface area (Å²) < 4.78 is 20.2. The highest BCUT2D eigenvalue weighted by Gasteiger charge is 2.43. The van der Waals surface area contributed by atoms with E-state index in [9.17, 15) is 19.1 Å². The number of nitrogens with zero attached hydrogens (tertiary/aromatic N) is 1. The van der Waals surface area contributed by atoms with E-state index < -0.39 is 34.9 Å². The number of guanidine groups is 1. The van der Waals surface area contributed by atoms with Gasteiger partial charge in [-0.2, -0.15) is 0 Å². The standard InChI is InChI=1S/C29H37FN4O4/c1-5-29(6-2)17-24(35)34(27(31)33-29)23(11-12-38-4)19-13-20(15-21(30)14-19)26(36)32-25-22-10-8-7-9-18(22)16-28(25,3)37/h7-10,13-15,23,25,37H,5-6,11-12,16-17H2,1-4H3,(H2,31,33)(H,32,36). The lowest BCUT2D eigenvalue weighted by Crippen LogP contribution is -2.62. The van der Waals surface area contributed by atoms with E-state index >= 15 is 0 Å². The summed E-state index contributed by atoms with van der Waals surface area (Å²) in [6, 6.07) is 10.2. The summed E-state index contributed by atoms with van der Waals surface area (Å²) >= 11 is 0. The summed E-state index contributed by atoms with van der Waals surface area (Å²) in [6.45, 7) is 5.90. The van der Waals surface area contributed by atoms with E-state index in [-0.39, 0.29) is 30.5 Å². The SMILES string of the molecule is CCC1(CC)CC(=O)N(C(CCOC)c2cc(F)cc(C(=O)NC3c4ccccc4CC3(C)O)c2)C(=N)N1. The minimum Gasteiger partial charge on any atom is -0.387 e. The number of aliphatic hydroxyl groups is 1. The van der Waals surface area contributed by atoms with Gasteiger partial charge in [0.25, 0.3) is 5.91 Å². The Labute approximate surface area is 223 Å². The van der Waals surface area contributed by atoms with Crippen molar-refractivity contribution < 1.29 is 23.8 Å². The zero-order chi connectivity index (χ0) is 27.7. The Morgan fingerprint density at radius 3 is 2.63 bits per heavy atom. The zero-order valence-electron chi connectivity index (χ0n) is 22.4. The molecule has 0 radical (unpaired) electrons. The first-order valence-electron chi connectivity index (χ1n) is 13.1. The van der Waals surface area contributed by atoms with Crippen LogP contribution in [0.25, 0.3) is 0 Å². The number of benzene rings is 2. The van der Waals surface area contributed by atoms with Crippen molar-refractivity contribution in [2.24, 2.45) is 0 Å². The first-order valence-corrected chi connectivity index (χ1v) is 13.1. The molecule has 1 aliphatic heterocycles. The van der Waals surface area contributed by atoms with Crippen molar-refractivity contribution in [3.05, 3.63) is 70.5 Å². The van der Waals surface area contributed by atoms with Crippen molar-refractivity contribution in [3.63, 3.8) is 0 Å². The minimum absolute atomic E-state index is 0.0417. The maximum absolute atomic E-state index is 14.9. The van der Waals surface area contributed by atoms with Crippen LogP contribution < -0.4 is 10.6 Å². The number of rotatable bonds is 9. The lowest BCUT2D eigenvalue weighted by Gasteiger charge is -2.45. The molecule has 204 valence electrons. The molecule has 4 rings (SSSR count). The number of nitrogens with one attached hydrogen (secondary N) is 3. The van der Waals surface area contributed by atoms with Gasteiger partial charge in [0.15, 0.2) is 5.96 Å². The van der Waals surface area contributed by atoms with E-state index in [0.29, 0.717) is 31.2 Å². The predicted molar refractivity (Wildman–Crippen MR) is 142 cm³/mol. The van der Waals surface area contributed by atoms with E-state index in [0.717, 1.165) is 17.2 Å². The fourth-order valence-corrected chi connectivity index (χ4v) is 5.72. The Morgan fingerprint density at radius 1 is 1.26 bits per heavy atom. The van der Waals surface area contributed by atoms with E-state index in [1.165, 1.54) is 18.1 Å². The number of fused-ring (bicyclic) bond motifs is 1. The third-order valence-corrected chi connectivity index (χ3v) is 8.02. The Kier molecular flexibility index (Phi) is 7.90. The average molecular weight is 525 g/mol. The van der Waals surface area contributed by atoms with Crippen LogP contribution in [0.15, 0.2) is 42.5 Å². The number of carbonyl (C=O) groups excluding carboxylic acids is 2. The highest BCUT2D eigenvalue weighted by molar-refractivity contribution is 6.00. The molecule has 0 saturated carbocycles. The molecule has 0 spiro atoms. The summed E-state index contributed by atoms with van der Waals surface area (Å²) in [5.74, 6) is -1.44. The molecular weight excluding hydrogens is 487 g/mol. The number of ether oxygens (including phenoxy) is 1. The van der Waals surface area contributed by atoms with Gasteiger partial charge in [0.1, 0.15) is 5.82 Å². The fourth-order valence-electron chi connectivity index (χ4n) is 5.72. The molecular formula is C29H37FN4O4. The van der Waals surface area contributed by atoms with Crippen LogP contribution in [0.2, 0.25) is 0 Å². The molecule has 3 atom stereocenters. The van der Waals surface area contributed by atoms with Gasteiger partial charge in [-0.05, 0) is 61.1 Å². The van der Waals surface area contributed by atoms with Crippen molar-refractivity contribution in [1.82, 2.24) is 15.5 Å². The largest absolute Gasteiger partial charge is 0.387 e. The monoisotopic (exact) mass is 524 g/mol. The van der Waals surface area contributed by atoms with Gasteiger partial charge >= 0.3 is 0 Å². The van der Waals surface area contributed by atoms with Crippen molar-refractivity contribution in [2.75, 3.05) is 13.7 Å². The summed E-state index contributed by atoms with van der Waals surface area (Å²) in [5, 5.41) is 25.7. The maximum atomic E-state index is 14.9. The lowest BCUT2D eigenvalue weighted by atomic mass is 9.86. The molecule has 2 aromatic carbocycles. The van der Waals surface area contributed by atoms with Crippen LogP contribution in [-0.2, 0) is 16.0 Å². The van der Waals surface area contributed by atoms with Crippen LogP contribution in [0.3, 0.4) is 0 Å². The minimum atomic E-state index is -1.19. The molecule has 8 nitrogen and oxygen atoms in total. The molecule has 3 unspecified atom stereocenters. The Hall–Kier alpha value is -3.30. The van der Waals surface area contributed by atoms with Crippen molar-refractivity contribution in [1.29, 1.82) is 5.41 Å². The van der Waals surface area contributed by atoms with Gasteiger partial charge in [0.2, 0.25) is 5.91 Å². The topological polar surface area (TPSA) is 115 Å². The molecule has 1 aliphatic carbocycles. The number of halogens is 1. The van der Waals surface area contributed by atoms with Gasteiger partial charge < -0.3 is 20.5 Å². The van der Waals surface area contributed by atoms with Gasteiger partial charge in [-0.25, -0.2) is 4.39 Å². The molecule has 38 heavy (non-hydrogen) atoms. The Morgan fingerprint density at radius 2 is 1.97 bits per heavy atom. The van der Waals surface area contributed by atoms with Crippen LogP contribution in [0.1, 0.15) is 85.6 Å². The second-order valence-corrected chi connectivity index (χ2v) is 10.6. The molecule has 1 fully saturated rings. The first kappa shape index (κ1) is 27.7. The molecule has 2 aromatic rings. The second kappa shape index (κ2) is 10.8. The molecule has 1 saturated heterocycles. The van der Waals surface area contributed by atoms with E-state index in [1.807, 2.05) is 38.1 Å². The Balaban J connectivity index is 1.64. The van der Waals surface area contributed by atoms with Crippen LogP contribution in [0.5, 0.6) is 0 Å². The Bertz CT molecular complexity index is 1210. The molecule has 2 aliphatic rings. The second-order valence-electron chi connectivity index (χ2n) is 10.6. The number of hydrogen-bond donors (Lipinski definition) is 4. The van der Waals surface area contributed by atoms with Gasteiger partial charge in [-0.3, -0.25) is 19.9 Å². The predicted octanol–water partition coefficient (Wildman–Crippen LogP) is 4.00. The number of amides is 2. The maximum Gasteiger partial charge on any atom is 0.251 e. The lowest BCUT2D eigenvalue weighted by molar-refractivity contribution is -0.133. The van der Waals surface area contributed by atoms with E-state index in [4.69, 9.17) is 10.1 Å². The fraction of sp³-hybridized carbons (Fsp3) is 0.483. The van der Waals surface area contributed by atoms with Crippen molar-refractivity contribution in [2.45, 2.75) is 76.1 Å². The highest BCUT2D eigenvalue weighted by Crippen LogP contribution is 2.39. The summed E-state index contributed by atoms with van der Waals surface area (Å²) in [5.41, 5.74) is 0.566.